The summed E-state index contributed by atoms with van der Waals surface area (Å²) < 4.78 is 23.2. The van der Waals surface area contributed by atoms with E-state index in [9.17, 15) is 4.79 Å². The molecule has 0 N–H and O–H groups in total. The summed E-state index contributed by atoms with van der Waals surface area (Å²) in [6.07, 6.45) is 1.59. The van der Waals surface area contributed by atoms with E-state index < -0.39 is 5.41 Å². The second-order valence-electron chi connectivity index (χ2n) is 7.24. The molecule has 5 nitrogen and oxygen atoms in total. The monoisotopic (exact) mass is 312 g/mol. The second-order valence-corrected chi connectivity index (χ2v) is 7.24. The zero-order valence-corrected chi connectivity index (χ0v) is 14.3. The first-order valence-corrected chi connectivity index (χ1v) is 7.96. The van der Waals surface area contributed by atoms with Crippen LogP contribution in [-0.4, -0.2) is 49.2 Å². The third kappa shape index (κ3) is 3.53. The van der Waals surface area contributed by atoms with Crippen LogP contribution in [0.4, 0.5) is 0 Å². The van der Waals surface area contributed by atoms with Gasteiger partial charge in [-0.25, -0.2) is 0 Å². The fourth-order valence-electron chi connectivity index (χ4n) is 2.50. The third-order valence-electron chi connectivity index (χ3n) is 4.58. The highest BCUT2D eigenvalue weighted by molar-refractivity contribution is 5.78. The van der Waals surface area contributed by atoms with Crippen molar-refractivity contribution in [2.75, 3.05) is 13.2 Å². The van der Waals surface area contributed by atoms with E-state index in [1.54, 1.807) is 19.9 Å². The Morgan fingerprint density at radius 2 is 1.73 bits per heavy atom. The number of hydrogen-bond acceptors (Lipinski definition) is 5. The van der Waals surface area contributed by atoms with Gasteiger partial charge in [0, 0.05) is 0 Å². The second kappa shape index (κ2) is 6.30. The fourth-order valence-corrected chi connectivity index (χ4v) is 2.50. The highest BCUT2D eigenvalue weighted by Crippen LogP contribution is 2.34. The van der Waals surface area contributed by atoms with E-state index in [0.29, 0.717) is 13.2 Å². The molecule has 0 aromatic rings. The maximum Gasteiger partial charge on any atom is 0.315 e. The number of carbonyl (C=O) groups is 1. The van der Waals surface area contributed by atoms with Gasteiger partial charge in [-0.1, -0.05) is 13.0 Å². The molecule has 0 radical (unpaired) electrons. The summed E-state index contributed by atoms with van der Waals surface area (Å²) in [5.74, 6) is -0.307. The zero-order valence-electron chi connectivity index (χ0n) is 14.3. The van der Waals surface area contributed by atoms with Gasteiger partial charge >= 0.3 is 5.97 Å². The van der Waals surface area contributed by atoms with Gasteiger partial charge in [0.25, 0.3) is 0 Å². The highest BCUT2D eigenvalue weighted by Gasteiger charge is 2.51. The molecular weight excluding hydrogens is 284 g/mol. The summed E-state index contributed by atoms with van der Waals surface area (Å²) in [5.41, 5.74) is -0.928. The summed E-state index contributed by atoms with van der Waals surface area (Å²) in [6, 6.07) is 0. The Bertz CT molecular complexity index is 429. The molecule has 2 aliphatic rings. The molecule has 2 rings (SSSR count). The van der Waals surface area contributed by atoms with Crippen molar-refractivity contribution in [3.8, 4) is 0 Å². The van der Waals surface area contributed by atoms with Gasteiger partial charge < -0.3 is 18.9 Å². The zero-order chi connectivity index (χ0) is 16.5. The van der Waals surface area contributed by atoms with Crippen molar-refractivity contribution < 1.29 is 23.7 Å². The van der Waals surface area contributed by atoms with Crippen LogP contribution < -0.4 is 0 Å². The smallest absolute Gasteiger partial charge is 0.315 e. The molecule has 2 aliphatic heterocycles. The predicted molar refractivity (Wildman–Crippen MR) is 82.6 cm³/mol. The van der Waals surface area contributed by atoms with Crippen LogP contribution in [0, 0.1) is 5.41 Å². The summed E-state index contributed by atoms with van der Waals surface area (Å²) in [4.78, 5) is 12.2. The molecule has 0 spiro atoms. The lowest BCUT2D eigenvalue weighted by Gasteiger charge is -2.29. The molecule has 0 amide bonds. The lowest BCUT2D eigenvalue weighted by atomic mass is 9.94. The Labute approximate surface area is 132 Å². The Morgan fingerprint density at radius 1 is 1.18 bits per heavy atom. The number of carbonyl (C=O) groups excluding carboxylic acids is 1. The van der Waals surface area contributed by atoms with Gasteiger partial charge in [-0.3, -0.25) is 4.79 Å². The molecule has 2 heterocycles. The summed E-state index contributed by atoms with van der Waals surface area (Å²) in [7, 11) is 0. The van der Waals surface area contributed by atoms with Crippen LogP contribution in [0.3, 0.4) is 0 Å². The van der Waals surface area contributed by atoms with Crippen molar-refractivity contribution in [3.05, 3.63) is 12.7 Å². The molecule has 0 bridgehead atoms. The van der Waals surface area contributed by atoms with Crippen LogP contribution in [0.15, 0.2) is 12.7 Å². The minimum atomic E-state index is -0.712. The normalized spacial score (nSPS) is 31.9. The fraction of sp³-hybridized carbons (Fsp3) is 0.824. The van der Waals surface area contributed by atoms with Crippen molar-refractivity contribution in [2.45, 2.75) is 71.1 Å². The van der Waals surface area contributed by atoms with Gasteiger partial charge in [0.05, 0.1) is 24.2 Å². The summed E-state index contributed by atoms with van der Waals surface area (Å²) in [5, 5.41) is 0. The molecular formula is C17H28O5. The molecule has 0 aromatic carbocycles. The molecule has 4 unspecified atom stereocenters. The highest BCUT2D eigenvalue weighted by atomic mass is 16.7. The minimum absolute atomic E-state index is 0.115. The van der Waals surface area contributed by atoms with Crippen molar-refractivity contribution in [1.82, 2.24) is 0 Å². The van der Waals surface area contributed by atoms with Gasteiger partial charge in [-0.2, -0.15) is 0 Å². The van der Waals surface area contributed by atoms with Gasteiger partial charge in [0.1, 0.15) is 18.3 Å². The Balaban J connectivity index is 1.96. The Kier molecular flexibility index (Phi) is 5.00. The molecule has 5 heteroatoms. The topological polar surface area (TPSA) is 54.0 Å². The van der Waals surface area contributed by atoms with Crippen molar-refractivity contribution >= 4 is 5.97 Å². The first-order valence-electron chi connectivity index (χ1n) is 7.96. The first-order chi connectivity index (χ1) is 10.2. The first kappa shape index (κ1) is 17.4. The molecule has 22 heavy (non-hydrogen) atoms. The Hall–Kier alpha value is -0.910. The minimum Gasteiger partial charge on any atom is -0.456 e. The lowest BCUT2D eigenvalue weighted by molar-refractivity contribution is -0.161. The van der Waals surface area contributed by atoms with E-state index in [4.69, 9.17) is 18.9 Å². The molecule has 126 valence electrons. The molecule has 0 saturated carbocycles. The number of hydrogen-bond donors (Lipinski definition) is 0. The molecule has 4 atom stereocenters. The summed E-state index contributed by atoms with van der Waals surface area (Å²) in [6.45, 7) is 14.2. The third-order valence-corrected chi connectivity index (χ3v) is 4.58. The van der Waals surface area contributed by atoms with Crippen LogP contribution in [0.2, 0.25) is 0 Å². The van der Waals surface area contributed by atoms with Gasteiger partial charge in [0.15, 0.2) is 6.10 Å². The van der Waals surface area contributed by atoms with E-state index in [1.807, 2.05) is 0 Å². The van der Waals surface area contributed by atoms with Crippen molar-refractivity contribution in [1.29, 1.82) is 0 Å². The quantitative estimate of drug-likeness (QED) is 0.557. The lowest BCUT2D eigenvalue weighted by Crippen LogP contribution is -2.40. The molecule has 0 aromatic heterocycles. The van der Waals surface area contributed by atoms with E-state index >= 15 is 0 Å². The maximum atomic E-state index is 12.2. The van der Waals surface area contributed by atoms with E-state index in [-0.39, 0.29) is 36.0 Å². The van der Waals surface area contributed by atoms with Crippen LogP contribution in [0.1, 0.15) is 41.0 Å². The van der Waals surface area contributed by atoms with Gasteiger partial charge in [-0.05, 0) is 34.1 Å². The summed E-state index contributed by atoms with van der Waals surface area (Å²) >= 11 is 0. The van der Waals surface area contributed by atoms with Crippen LogP contribution in [-0.2, 0) is 23.7 Å². The van der Waals surface area contributed by atoms with Crippen LogP contribution in [0.25, 0.3) is 0 Å². The van der Waals surface area contributed by atoms with Crippen LogP contribution >= 0.6 is 0 Å². The average Bonchev–Trinajstić information content (AvgIpc) is 3.03. The number of ether oxygens (including phenoxy) is 4. The van der Waals surface area contributed by atoms with Crippen molar-refractivity contribution in [2.24, 2.45) is 5.41 Å². The largest absolute Gasteiger partial charge is 0.456 e. The SMILES string of the molecule is C=CC(C)(C)C(=O)OC1COC2C(OC(C)(C)CC)COC12. The molecule has 2 fully saturated rings. The van der Waals surface area contributed by atoms with E-state index in [1.165, 1.54) is 0 Å². The van der Waals surface area contributed by atoms with Gasteiger partial charge in [-0.15, -0.1) is 6.58 Å². The number of fused-ring (bicyclic) bond motifs is 1. The number of esters is 1. The molecule has 2 saturated heterocycles. The standard InChI is InChI=1S/C17H28O5/c1-7-16(3,4)15(18)21-11-9-19-14-12(10-20-13(11)14)22-17(5,6)8-2/h7,11-14H,1,8-10H2,2-6H3. The van der Waals surface area contributed by atoms with E-state index in [2.05, 4.69) is 27.4 Å². The Morgan fingerprint density at radius 3 is 2.27 bits per heavy atom. The number of rotatable bonds is 6. The predicted octanol–water partition coefficient (Wildman–Crippen LogP) is 2.48. The van der Waals surface area contributed by atoms with E-state index in [0.717, 1.165) is 6.42 Å². The van der Waals surface area contributed by atoms with Crippen molar-refractivity contribution in [3.63, 3.8) is 0 Å². The van der Waals surface area contributed by atoms with Crippen LogP contribution in [0.5, 0.6) is 0 Å². The van der Waals surface area contributed by atoms with Gasteiger partial charge in [0.2, 0.25) is 0 Å². The average molecular weight is 312 g/mol. The molecule has 0 aliphatic carbocycles. The maximum absolute atomic E-state index is 12.2.